The number of ether oxygens (including phenoxy) is 3. The Balaban J connectivity index is 1.91. The van der Waals surface area contributed by atoms with Gasteiger partial charge in [0, 0.05) is 11.8 Å². The van der Waals surface area contributed by atoms with Crippen LogP contribution in [0.3, 0.4) is 0 Å². The molecule has 0 saturated carbocycles. The second-order valence-electron chi connectivity index (χ2n) is 6.37. The van der Waals surface area contributed by atoms with E-state index in [-0.39, 0.29) is 5.91 Å². The third-order valence-electron chi connectivity index (χ3n) is 4.23. The maximum atomic E-state index is 12.1. The van der Waals surface area contributed by atoms with Crippen LogP contribution < -0.4 is 19.5 Å². The van der Waals surface area contributed by atoms with Gasteiger partial charge in [-0.15, -0.1) is 0 Å². The van der Waals surface area contributed by atoms with Crippen LogP contribution in [-0.2, 0) is 4.79 Å². The number of hydrogen-bond donors (Lipinski definition) is 1. The molecule has 0 saturated heterocycles. The number of carbonyl (C=O) groups excluding carboxylic acids is 1. The molecule has 0 aliphatic heterocycles. The first-order valence-corrected chi connectivity index (χ1v) is 9.60. The predicted molar refractivity (Wildman–Crippen MR) is 113 cm³/mol. The highest BCUT2D eigenvalue weighted by Gasteiger charge is 2.05. The number of anilines is 1. The van der Waals surface area contributed by atoms with Crippen LogP contribution in [0, 0.1) is 0 Å². The Morgan fingerprint density at radius 3 is 2.43 bits per heavy atom. The molecule has 0 unspecified atom stereocenters. The summed E-state index contributed by atoms with van der Waals surface area (Å²) in [5, 5.41) is 2.81. The number of benzene rings is 2. The van der Waals surface area contributed by atoms with Crippen molar-refractivity contribution in [3.8, 4) is 17.2 Å². The summed E-state index contributed by atoms with van der Waals surface area (Å²) in [4.78, 5) is 12.1. The minimum absolute atomic E-state index is 0.208. The molecule has 0 spiro atoms. The monoisotopic (exact) mass is 383 g/mol. The maximum absolute atomic E-state index is 12.1. The van der Waals surface area contributed by atoms with Gasteiger partial charge in [0.1, 0.15) is 5.75 Å². The molecule has 0 heterocycles. The fourth-order valence-electron chi connectivity index (χ4n) is 2.65. The second-order valence-corrected chi connectivity index (χ2v) is 6.37. The van der Waals surface area contributed by atoms with Crippen LogP contribution in [0.25, 0.3) is 6.08 Å². The summed E-state index contributed by atoms with van der Waals surface area (Å²) in [6.45, 7) is 2.86. The number of rotatable bonds is 11. The van der Waals surface area contributed by atoms with Gasteiger partial charge in [-0.2, -0.15) is 0 Å². The molecule has 2 aromatic carbocycles. The minimum Gasteiger partial charge on any atom is -0.497 e. The molecular weight excluding hydrogens is 354 g/mol. The summed E-state index contributed by atoms with van der Waals surface area (Å²) >= 11 is 0. The van der Waals surface area contributed by atoms with Crippen molar-refractivity contribution in [1.82, 2.24) is 0 Å². The highest BCUT2D eigenvalue weighted by molar-refractivity contribution is 6.01. The Morgan fingerprint density at radius 1 is 0.964 bits per heavy atom. The van der Waals surface area contributed by atoms with Crippen molar-refractivity contribution < 1.29 is 19.0 Å². The van der Waals surface area contributed by atoms with Gasteiger partial charge in [0.05, 0.1) is 20.8 Å². The highest BCUT2D eigenvalue weighted by Crippen LogP contribution is 2.29. The Labute approximate surface area is 167 Å². The molecule has 0 bridgehead atoms. The quantitative estimate of drug-likeness (QED) is 0.422. The summed E-state index contributed by atoms with van der Waals surface area (Å²) in [6, 6.07) is 12.8. The van der Waals surface area contributed by atoms with E-state index in [0.717, 1.165) is 23.5 Å². The van der Waals surface area contributed by atoms with Crippen molar-refractivity contribution in [2.75, 3.05) is 26.1 Å². The van der Waals surface area contributed by atoms with Gasteiger partial charge in [-0.25, -0.2) is 0 Å². The van der Waals surface area contributed by atoms with Gasteiger partial charge >= 0.3 is 0 Å². The van der Waals surface area contributed by atoms with Gasteiger partial charge in [-0.3, -0.25) is 4.79 Å². The minimum atomic E-state index is -0.208. The van der Waals surface area contributed by atoms with E-state index < -0.39 is 0 Å². The number of methoxy groups -OCH3 is 2. The lowest BCUT2D eigenvalue weighted by Gasteiger charge is -2.11. The number of carbonyl (C=O) groups is 1. The molecule has 5 nitrogen and oxygen atoms in total. The Bertz CT molecular complexity index is 769. The molecule has 5 heteroatoms. The number of amides is 1. The van der Waals surface area contributed by atoms with Gasteiger partial charge in [-0.05, 0) is 54.5 Å². The number of nitrogens with one attached hydrogen (secondary N) is 1. The van der Waals surface area contributed by atoms with Crippen molar-refractivity contribution in [2.24, 2.45) is 0 Å². The normalized spacial score (nSPS) is 10.7. The molecule has 0 aliphatic rings. The summed E-state index contributed by atoms with van der Waals surface area (Å²) in [6.07, 6.45) is 7.86. The molecule has 2 rings (SSSR count). The van der Waals surface area contributed by atoms with Crippen LogP contribution >= 0.6 is 0 Å². The van der Waals surface area contributed by atoms with Crippen molar-refractivity contribution in [3.63, 3.8) is 0 Å². The van der Waals surface area contributed by atoms with E-state index in [9.17, 15) is 4.79 Å². The van der Waals surface area contributed by atoms with E-state index in [1.165, 1.54) is 25.3 Å². The molecule has 2 aromatic rings. The number of hydrogen-bond acceptors (Lipinski definition) is 4. The van der Waals surface area contributed by atoms with E-state index in [4.69, 9.17) is 14.2 Å². The summed E-state index contributed by atoms with van der Waals surface area (Å²) in [7, 11) is 3.22. The number of unbranched alkanes of at least 4 members (excludes halogenated alkanes) is 3. The average Bonchev–Trinajstić information content (AvgIpc) is 2.73. The van der Waals surface area contributed by atoms with E-state index >= 15 is 0 Å². The lowest BCUT2D eigenvalue weighted by atomic mass is 10.2. The first-order chi connectivity index (χ1) is 13.7. The predicted octanol–water partition coefficient (Wildman–Crippen LogP) is 5.31. The van der Waals surface area contributed by atoms with E-state index in [1.54, 1.807) is 44.6 Å². The van der Waals surface area contributed by atoms with E-state index in [1.807, 2.05) is 18.2 Å². The lowest BCUT2D eigenvalue weighted by Crippen LogP contribution is -2.07. The third-order valence-corrected chi connectivity index (χ3v) is 4.23. The molecular formula is C23H29NO4. The molecule has 0 fully saturated rings. The van der Waals surface area contributed by atoms with Crippen LogP contribution in [0.4, 0.5) is 5.69 Å². The Morgan fingerprint density at radius 2 is 1.75 bits per heavy atom. The molecule has 0 atom stereocenters. The zero-order valence-electron chi connectivity index (χ0n) is 16.9. The molecule has 0 aliphatic carbocycles. The van der Waals surface area contributed by atoms with Gasteiger partial charge in [0.25, 0.3) is 0 Å². The van der Waals surface area contributed by atoms with Crippen molar-refractivity contribution in [1.29, 1.82) is 0 Å². The van der Waals surface area contributed by atoms with Crippen LogP contribution in [0.5, 0.6) is 17.2 Å². The van der Waals surface area contributed by atoms with E-state index in [0.29, 0.717) is 18.0 Å². The SMILES string of the molecule is CCCCCCOc1ccc(/C=C/C(=O)Nc2ccc(OC)cc2)cc1OC. The summed E-state index contributed by atoms with van der Waals surface area (Å²) < 4.78 is 16.3. The molecule has 0 aromatic heterocycles. The van der Waals surface area contributed by atoms with Crippen molar-refractivity contribution in [2.45, 2.75) is 32.6 Å². The zero-order valence-corrected chi connectivity index (χ0v) is 16.9. The zero-order chi connectivity index (χ0) is 20.2. The van der Waals surface area contributed by atoms with Gasteiger partial charge in [0.2, 0.25) is 5.91 Å². The molecule has 0 radical (unpaired) electrons. The van der Waals surface area contributed by atoms with E-state index in [2.05, 4.69) is 12.2 Å². The van der Waals surface area contributed by atoms with Gasteiger partial charge in [-0.1, -0.05) is 32.3 Å². The summed E-state index contributed by atoms with van der Waals surface area (Å²) in [5.41, 5.74) is 1.57. The van der Waals surface area contributed by atoms with Gasteiger partial charge < -0.3 is 19.5 Å². The first-order valence-electron chi connectivity index (χ1n) is 9.60. The summed E-state index contributed by atoms with van der Waals surface area (Å²) in [5.74, 6) is 1.92. The first kappa shape index (κ1) is 21.4. The Kier molecular flexibility index (Phi) is 8.92. The Hall–Kier alpha value is -2.95. The van der Waals surface area contributed by atoms with Crippen LogP contribution in [0.1, 0.15) is 38.2 Å². The molecule has 1 amide bonds. The standard InChI is InChI=1S/C23H29NO4/c1-4-5-6-7-16-28-21-14-8-18(17-22(21)27-3)9-15-23(25)24-19-10-12-20(26-2)13-11-19/h8-15,17H,4-7,16H2,1-3H3,(H,24,25)/b15-9+. The second kappa shape index (κ2) is 11.7. The topological polar surface area (TPSA) is 56.8 Å². The third kappa shape index (κ3) is 6.99. The highest BCUT2D eigenvalue weighted by atomic mass is 16.5. The van der Waals surface area contributed by atoms with Crippen LogP contribution in [0.2, 0.25) is 0 Å². The molecule has 28 heavy (non-hydrogen) atoms. The molecule has 150 valence electrons. The lowest BCUT2D eigenvalue weighted by molar-refractivity contribution is -0.111. The average molecular weight is 383 g/mol. The van der Waals surface area contributed by atoms with Crippen molar-refractivity contribution in [3.05, 3.63) is 54.1 Å². The van der Waals surface area contributed by atoms with Crippen LogP contribution in [0.15, 0.2) is 48.5 Å². The van der Waals surface area contributed by atoms with Crippen molar-refractivity contribution >= 4 is 17.7 Å². The van der Waals surface area contributed by atoms with Gasteiger partial charge in [0.15, 0.2) is 11.5 Å². The fourth-order valence-corrected chi connectivity index (χ4v) is 2.65. The fraction of sp³-hybridized carbons (Fsp3) is 0.348. The maximum Gasteiger partial charge on any atom is 0.248 e. The van der Waals surface area contributed by atoms with Crippen LogP contribution in [-0.4, -0.2) is 26.7 Å². The molecule has 1 N–H and O–H groups in total. The smallest absolute Gasteiger partial charge is 0.248 e. The largest absolute Gasteiger partial charge is 0.497 e.